The summed E-state index contributed by atoms with van der Waals surface area (Å²) >= 11 is 0. The second-order valence-electron chi connectivity index (χ2n) is 6.77. The molecule has 144 valence electrons. The van der Waals surface area contributed by atoms with Gasteiger partial charge in [-0.3, -0.25) is 20.2 Å². The minimum Gasteiger partial charge on any atom is -0.351 e. The zero-order valence-electron chi connectivity index (χ0n) is 15.5. The van der Waals surface area contributed by atoms with E-state index in [0.717, 1.165) is 30.9 Å². The SMILES string of the molecule is Cc1cc([N+](=O)[O-])c([N+](=O)[O-])c(N2CCC(CC#Cc3ccccc3)CC2)n1. The smallest absolute Gasteiger partial charge is 0.351 e. The van der Waals surface area contributed by atoms with Crippen LogP contribution in [-0.2, 0) is 0 Å². The van der Waals surface area contributed by atoms with Crippen molar-refractivity contribution in [2.45, 2.75) is 26.2 Å². The maximum Gasteiger partial charge on any atom is 0.388 e. The Labute approximate surface area is 162 Å². The van der Waals surface area contributed by atoms with E-state index < -0.39 is 21.2 Å². The topological polar surface area (TPSA) is 102 Å². The van der Waals surface area contributed by atoms with Gasteiger partial charge < -0.3 is 4.90 Å². The van der Waals surface area contributed by atoms with E-state index in [2.05, 4.69) is 16.8 Å². The van der Waals surface area contributed by atoms with Gasteiger partial charge in [-0.25, -0.2) is 4.98 Å². The molecule has 0 aliphatic carbocycles. The highest BCUT2D eigenvalue weighted by molar-refractivity contribution is 5.69. The van der Waals surface area contributed by atoms with Gasteiger partial charge in [0.05, 0.1) is 9.85 Å². The number of rotatable bonds is 4. The maximum absolute atomic E-state index is 11.5. The average Bonchev–Trinajstić information content (AvgIpc) is 2.68. The van der Waals surface area contributed by atoms with Gasteiger partial charge in [0.25, 0.3) is 0 Å². The van der Waals surface area contributed by atoms with Gasteiger partial charge in [-0.2, -0.15) is 0 Å². The summed E-state index contributed by atoms with van der Waals surface area (Å²) in [4.78, 5) is 27.3. The second kappa shape index (κ2) is 8.48. The lowest BCUT2D eigenvalue weighted by Gasteiger charge is -2.31. The molecule has 0 N–H and O–H groups in total. The summed E-state index contributed by atoms with van der Waals surface area (Å²) in [5, 5.41) is 22.7. The van der Waals surface area contributed by atoms with Crippen molar-refractivity contribution >= 4 is 17.2 Å². The first-order valence-corrected chi connectivity index (χ1v) is 9.05. The Kier molecular flexibility index (Phi) is 5.84. The van der Waals surface area contributed by atoms with Gasteiger partial charge in [-0.1, -0.05) is 30.0 Å². The summed E-state index contributed by atoms with van der Waals surface area (Å²) in [5.74, 6) is 6.84. The van der Waals surface area contributed by atoms with E-state index in [4.69, 9.17) is 0 Å². The third-order valence-corrected chi connectivity index (χ3v) is 4.77. The van der Waals surface area contributed by atoms with E-state index in [-0.39, 0.29) is 5.82 Å². The van der Waals surface area contributed by atoms with Crippen LogP contribution in [0.4, 0.5) is 17.2 Å². The van der Waals surface area contributed by atoms with Crippen molar-refractivity contribution in [2.75, 3.05) is 18.0 Å². The number of piperidine rings is 1. The molecule has 0 spiro atoms. The van der Waals surface area contributed by atoms with Crippen LogP contribution in [0, 0.1) is 44.9 Å². The van der Waals surface area contributed by atoms with Crippen molar-refractivity contribution in [3.8, 4) is 11.8 Å². The van der Waals surface area contributed by atoms with Crippen LogP contribution >= 0.6 is 0 Å². The van der Waals surface area contributed by atoms with Crippen LogP contribution < -0.4 is 4.90 Å². The van der Waals surface area contributed by atoms with Gasteiger partial charge in [0, 0.05) is 36.8 Å². The second-order valence-corrected chi connectivity index (χ2v) is 6.77. The van der Waals surface area contributed by atoms with E-state index >= 15 is 0 Å². The van der Waals surface area contributed by atoms with E-state index in [1.165, 1.54) is 0 Å². The molecule has 1 aliphatic rings. The molecule has 8 nitrogen and oxygen atoms in total. The molecule has 1 fully saturated rings. The normalized spacial score (nSPS) is 14.2. The summed E-state index contributed by atoms with van der Waals surface area (Å²) in [6.45, 7) is 2.73. The number of anilines is 1. The van der Waals surface area contributed by atoms with Crippen LogP contribution in [0.5, 0.6) is 0 Å². The molecule has 0 unspecified atom stereocenters. The van der Waals surface area contributed by atoms with Crippen molar-refractivity contribution in [1.82, 2.24) is 4.98 Å². The molecule has 0 radical (unpaired) electrons. The Morgan fingerprint density at radius 1 is 1.14 bits per heavy atom. The molecule has 1 saturated heterocycles. The Morgan fingerprint density at radius 3 is 2.43 bits per heavy atom. The predicted molar refractivity (Wildman–Crippen MR) is 105 cm³/mol. The molecule has 0 saturated carbocycles. The van der Waals surface area contributed by atoms with E-state index in [0.29, 0.717) is 24.7 Å². The zero-order chi connectivity index (χ0) is 20.1. The highest BCUT2D eigenvalue weighted by Gasteiger charge is 2.34. The van der Waals surface area contributed by atoms with E-state index in [1.807, 2.05) is 30.3 Å². The fourth-order valence-corrected chi connectivity index (χ4v) is 3.34. The lowest BCUT2D eigenvalue weighted by atomic mass is 9.93. The molecule has 28 heavy (non-hydrogen) atoms. The number of nitro groups is 2. The monoisotopic (exact) mass is 380 g/mol. The highest BCUT2D eigenvalue weighted by atomic mass is 16.6. The molecule has 2 aromatic rings. The average molecular weight is 380 g/mol. The van der Waals surface area contributed by atoms with Crippen LogP contribution in [0.2, 0.25) is 0 Å². The third-order valence-electron chi connectivity index (χ3n) is 4.77. The van der Waals surface area contributed by atoms with E-state index in [1.54, 1.807) is 11.8 Å². The summed E-state index contributed by atoms with van der Waals surface area (Å²) in [6, 6.07) is 10.9. The van der Waals surface area contributed by atoms with E-state index in [9.17, 15) is 20.2 Å². The number of aromatic nitrogens is 1. The Hall–Kier alpha value is -3.47. The Bertz CT molecular complexity index is 942. The molecule has 0 bridgehead atoms. The van der Waals surface area contributed by atoms with Crippen LogP contribution in [-0.4, -0.2) is 27.9 Å². The Morgan fingerprint density at radius 2 is 1.82 bits per heavy atom. The predicted octanol–water partition coefficient (Wildman–Crippen LogP) is 3.86. The molecule has 8 heteroatoms. The van der Waals surface area contributed by atoms with Crippen molar-refractivity contribution in [2.24, 2.45) is 5.92 Å². The number of benzene rings is 1. The number of hydrogen-bond acceptors (Lipinski definition) is 6. The quantitative estimate of drug-likeness (QED) is 0.453. The van der Waals surface area contributed by atoms with Gasteiger partial charge in [-0.15, -0.1) is 0 Å². The lowest BCUT2D eigenvalue weighted by Crippen LogP contribution is -2.34. The van der Waals surface area contributed by atoms with Gasteiger partial charge >= 0.3 is 11.4 Å². The molecular weight excluding hydrogens is 360 g/mol. The van der Waals surface area contributed by atoms with Crippen LogP contribution in [0.15, 0.2) is 36.4 Å². The van der Waals surface area contributed by atoms with Gasteiger partial charge in [0.2, 0.25) is 5.82 Å². The van der Waals surface area contributed by atoms with Crippen molar-refractivity contribution in [1.29, 1.82) is 0 Å². The largest absolute Gasteiger partial charge is 0.388 e. The molecule has 0 atom stereocenters. The molecule has 1 aliphatic heterocycles. The number of hydrogen-bond donors (Lipinski definition) is 0. The standard InChI is InChI=1S/C20H20N4O4/c1-15-14-18(23(25)26)19(24(27)28)20(21-15)22-12-10-17(11-13-22)9-5-8-16-6-3-2-4-7-16/h2-4,6-7,14,17H,9-13H2,1H3. The van der Waals surface area contributed by atoms with Crippen LogP contribution in [0.1, 0.15) is 30.5 Å². The summed E-state index contributed by atoms with van der Waals surface area (Å²) in [7, 11) is 0. The summed E-state index contributed by atoms with van der Waals surface area (Å²) in [6.07, 6.45) is 2.38. The number of pyridine rings is 1. The van der Waals surface area contributed by atoms with Gasteiger partial charge in [0.1, 0.15) is 0 Å². The molecule has 0 amide bonds. The van der Waals surface area contributed by atoms with Crippen LogP contribution in [0.25, 0.3) is 0 Å². The molecule has 2 heterocycles. The van der Waals surface area contributed by atoms with Gasteiger partial charge in [0.15, 0.2) is 0 Å². The number of aryl methyl sites for hydroxylation is 1. The van der Waals surface area contributed by atoms with Crippen molar-refractivity contribution < 1.29 is 9.85 Å². The maximum atomic E-state index is 11.5. The van der Waals surface area contributed by atoms with Gasteiger partial charge in [-0.05, 0) is 37.8 Å². The van der Waals surface area contributed by atoms with Crippen molar-refractivity contribution in [3.63, 3.8) is 0 Å². The summed E-state index contributed by atoms with van der Waals surface area (Å²) < 4.78 is 0. The zero-order valence-corrected chi connectivity index (χ0v) is 15.5. The molecule has 1 aromatic carbocycles. The highest BCUT2D eigenvalue weighted by Crippen LogP contribution is 2.37. The minimum atomic E-state index is -0.720. The first kappa shape index (κ1) is 19.3. The fraction of sp³-hybridized carbons (Fsp3) is 0.350. The number of nitrogens with zero attached hydrogens (tertiary/aromatic N) is 4. The first-order chi connectivity index (χ1) is 13.5. The third kappa shape index (κ3) is 4.43. The summed E-state index contributed by atoms with van der Waals surface area (Å²) in [5.41, 5.74) is 0.330. The fourth-order valence-electron chi connectivity index (χ4n) is 3.34. The Balaban J connectivity index is 1.71. The molecule has 3 rings (SSSR count). The van der Waals surface area contributed by atoms with Crippen LogP contribution in [0.3, 0.4) is 0 Å². The minimum absolute atomic E-state index is 0.0884. The lowest BCUT2D eigenvalue weighted by molar-refractivity contribution is -0.422. The molecule has 1 aromatic heterocycles. The first-order valence-electron chi connectivity index (χ1n) is 9.05. The van der Waals surface area contributed by atoms with Crippen molar-refractivity contribution in [3.05, 3.63) is 67.9 Å². The molecular formula is C20H20N4O4.